The van der Waals surface area contributed by atoms with Gasteiger partial charge in [0.25, 0.3) is 10.0 Å². The number of benzene rings is 2. The molecule has 0 unspecified atom stereocenters. The predicted molar refractivity (Wildman–Crippen MR) is 90.1 cm³/mol. The standard InChI is InChI=1S/C14H13Cl2N3O3S/c1-9-5-7-10(8-6-9)23(21,22)19-18-14(20)17-12-4-2-3-11(15)13(12)16/h2-8,19H,1H3,(H2,17,18,20). The lowest BCUT2D eigenvalue weighted by atomic mass is 10.2. The van der Waals surface area contributed by atoms with Crippen LogP contribution in [0.5, 0.6) is 0 Å². The van der Waals surface area contributed by atoms with E-state index in [0.717, 1.165) is 5.56 Å². The van der Waals surface area contributed by atoms with Gasteiger partial charge in [-0.1, -0.05) is 47.0 Å². The Kier molecular flexibility index (Phi) is 5.48. The number of hydrogen-bond donors (Lipinski definition) is 3. The molecule has 0 atom stereocenters. The SMILES string of the molecule is Cc1ccc(S(=O)(=O)NNC(=O)Nc2cccc(Cl)c2Cl)cc1. The molecule has 0 aliphatic rings. The lowest BCUT2D eigenvalue weighted by Gasteiger charge is -2.11. The van der Waals surface area contributed by atoms with E-state index < -0.39 is 16.1 Å². The highest BCUT2D eigenvalue weighted by atomic mass is 35.5. The summed E-state index contributed by atoms with van der Waals surface area (Å²) in [5.74, 6) is 0. The molecule has 0 aliphatic carbocycles. The molecule has 0 saturated heterocycles. The van der Waals surface area contributed by atoms with Gasteiger partial charge < -0.3 is 5.32 Å². The van der Waals surface area contributed by atoms with E-state index in [1.165, 1.54) is 18.2 Å². The first-order valence-electron chi connectivity index (χ1n) is 6.39. The van der Waals surface area contributed by atoms with E-state index in [9.17, 15) is 13.2 Å². The fourth-order valence-corrected chi connectivity index (χ4v) is 2.83. The van der Waals surface area contributed by atoms with Crippen molar-refractivity contribution in [2.45, 2.75) is 11.8 Å². The maximum atomic E-state index is 12.0. The van der Waals surface area contributed by atoms with Crippen molar-refractivity contribution in [2.24, 2.45) is 0 Å². The van der Waals surface area contributed by atoms with Crippen molar-refractivity contribution in [3.63, 3.8) is 0 Å². The number of amides is 2. The molecule has 0 saturated carbocycles. The minimum atomic E-state index is -3.86. The molecular formula is C14H13Cl2N3O3S. The Bertz CT molecular complexity index is 824. The first-order chi connectivity index (χ1) is 10.8. The number of carbonyl (C=O) groups excluding carboxylic acids is 1. The van der Waals surface area contributed by atoms with Crippen LogP contribution in [0.1, 0.15) is 5.56 Å². The summed E-state index contributed by atoms with van der Waals surface area (Å²) >= 11 is 11.7. The Hall–Kier alpha value is -1.80. The van der Waals surface area contributed by atoms with Gasteiger partial charge in [0.1, 0.15) is 0 Å². The number of anilines is 1. The zero-order valence-corrected chi connectivity index (χ0v) is 14.3. The van der Waals surface area contributed by atoms with E-state index in [1.807, 2.05) is 17.2 Å². The van der Waals surface area contributed by atoms with E-state index >= 15 is 0 Å². The smallest absolute Gasteiger partial charge is 0.305 e. The molecule has 2 amide bonds. The van der Waals surface area contributed by atoms with Crippen LogP contribution in [0, 0.1) is 6.92 Å². The zero-order chi connectivity index (χ0) is 17.0. The number of carbonyl (C=O) groups is 1. The Labute approximate surface area is 143 Å². The number of hydrogen-bond acceptors (Lipinski definition) is 3. The summed E-state index contributed by atoms with van der Waals surface area (Å²) in [6.45, 7) is 1.84. The van der Waals surface area contributed by atoms with Crippen LogP contribution in [0.2, 0.25) is 10.0 Å². The van der Waals surface area contributed by atoms with Gasteiger partial charge in [0, 0.05) is 0 Å². The molecule has 0 aromatic heterocycles. The van der Waals surface area contributed by atoms with Crippen molar-refractivity contribution in [3.8, 4) is 0 Å². The van der Waals surface area contributed by atoms with E-state index in [4.69, 9.17) is 23.2 Å². The number of sulfonamides is 1. The van der Waals surface area contributed by atoms with Crippen LogP contribution >= 0.6 is 23.2 Å². The molecule has 2 rings (SSSR count). The van der Waals surface area contributed by atoms with Crippen LogP contribution in [0.15, 0.2) is 47.4 Å². The van der Waals surface area contributed by atoms with Gasteiger partial charge in [0.05, 0.1) is 20.6 Å². The van der Waals surface area contributed by atoms with E-state index in [2.05, 4.69) is 5.32 Å². The average molecular weight is 374 g/mol. The highest BCUT2D eigenvalue weighted by Gasteiger charge is 2.15. The van der Waals surface area contributed by atoms with Crippen molar-refractivity contribution in [1.29, 1.82) is 0 Å². The van der Waals surface area contributed by atoms with Gasteiger partial charge >= 0.3 is 6.03 Å². The van der Waals surface area contributed by atoms with Gasteiger partial charge in [-0.15, -0.1) is 4.83 Å². The quantitative estimate of drug-likeness (QED) is 0.718. The Morgan fingerprint density at radius 1 is 1.04 bits per heavy atom. The summed E-state index contributed by atoms with van der Waals surface area (Å²) in [4.78, 5) is 13.8. The second-order valence-electron chi connectivity index (χ2n) is 4.60. The van der Waals surface area contributed by atoms with Crippen LogP contribution in [0.25, 0.3) is 0 Å². The third kappa shape index (κ3) is 4.59. The summed E-state index contributed by atoms with van der Waals surface area (Å²) in [5, 5.41) is 2.82. The van der Waals surface area contributed by atoms with Gasteiger partial charge in [-0.3, -0.25) is 5.43 Å². The monoisotopic (exact) mass is 373 g/mol. The lowest BCUT2D eigenvalue weighted by Crippen LogP contribution is -2.43. The van der Waals surface area contributed by atoms with Crippen molar-refractivity contribution in [1.82, 2.24) is 10.3 Å². The largest absolute Gasteiger partial charge is 0.334 e. The number of halogens is 2. The number of nitrogens with one attached hydrogen (secondary N) is 3. The molecule has 9 heteroatoms. The van der Waals surface area contributed by atoms with Crippen LogP contribution in [0.3, 0.4) is 0 Å². The first-order valence-corrected chi connectivity index (χ1v) is 8.63. The molecule has 23 heavy (non-hydrogen) atoms. The molecule has 3 N–H and O–H groups in total. The van der Waals surface area contributed by atoms with E-state index in [0.29, 0.717) is 0 Å². The molecule has 0 heterocycles. The average Bonchev–Trinajstić information content (AvgIpc) is 2.50. The van der Waals surface area contributed by atoms with Crippen molar-refractivity contribution in [3.05, 3.63) is 58.1 Å². The third-order valence-electron chi connectivity index (χ3n) is 2.83. The predicted octanol–water partition coefficient (Wildman–Crippen LogP) is 3.32. The molecule has 6 nitrogen and oxygen atoms in total. The molecular weight excluding hydrogens is 361 g/mol. The maximum Gasteiger partial charge on any atom is 0.334 e. The van der Waals surface area contributed by atoms with Gasteiger partial charge in [0.15, 0.2) is 0 Å². The van der Waals surface area contributed by atoms with Crippen LogP contribution < -0.4 is 15.6 Å². The van der Waals surface area contributed by atoms with Gasteiger partial charge in [-0.25, -0.2) is 13.2 Å². The minimum Gasteiger partial charge on any atom is -0.305 e. The molecule has 2 aromatic carbocycles. The van der Waals surface area contributed by atoms with Crippen LogP contribution in [0.4, 0.5) is 10.5 Å². The van der Waals surface area contributed by atoms with Crippen LogP contribution in [-0.4, -0.2) is 14.4 Å². The lowest BCUT2D eigenvalue weighted by molar-refractivity contribution is 0.250. The van der Waals surface area contributed by atoms with Crippen molar-refractivity contribution < 1.29 is 13.2 Å². The van der Waals surface area contributed by atoms with Gasteiger partial charge in [-0.05, 0) is 31.2 Å². The van der Waals surface area contributed by atoms with Crippen LogP contribution in [-0.2, 0) is 10.0 Å². The Morgan fingerprint density at radius 2 is 1.70 bits per heavy atom. The second-order valence-corrected chi connectivity index (χ2v) is 7.07. The Morgan fingerprint density at radius 3 is 2.35 bits per heavy atom. The zero-order valence-electron chi connectivity index (χ0n) is 11.9. The molecule has 0 radical (unpaired) electrons. The van der Waals surface area contributed by atoms with Crippen molar-refractivity contribution >= 4 is 44.9 Å². The molecule has 0 aliphatic heterocycles. The molecule has 0 fully saturated rings. The fourth-order valence-electron chi connectivity index (χ4n) is 1.64. The molecule has 0 spiro atoms. The summed E-state index contributed by atoms with van der Waals surface area (Å²) in [6.07, 6.45) is 0. The first kappa shape index (κ1) is 17.6. The molecule has 122 valence electrons. The number of urea groups is 1. The Balaban J connectivity index is 2.01. The van der Waals surface area contributed by atoms with E-state index in [1.54, 1.807) is 24.3 Å². The molecule has 2 aromatic rings. The summed E-state index contributed by atoms with van der Waals surface area (Å²) in [6, 6.07) is 10.1. The second kappa shape index (κ2) is 7.18. The minimum absolute atomic E-state index is 0.0317. The summed E-state index contributed by atoms with van der Waals surface area (Å²) in [5.41, 5.74) is 3.22. The summed E-state index contributed by atoms with van der Waals surface area (Å²) < 4.78 is 24.0. The van der Waals surface area contributed by atoms with Gasteiger partial charge in [-0.2, -0.15) is 0 Å². The highest BCUT2D eigenvalue weighted by molar-refractivity contribution is 7.89. The topological polar surface area (TPSA) is 87.3 Å². The van der Waals surface area contributed by atoms with E-state index in [-0.39, 0.29) is 20.6 Å². The van der Waals surface area contributed by atoms with Crippen molar-refractivity contribution in [2.75, 3.05) is 5.32 Å². The number of aryl methyl sites for hydroxylation is 1. The third-order valence-corrected chi connectivity index (χ3v) is 4.91. The molecule has 0 bridgehead atoms. The fraction of sp³-hybridized carbons (Fsp3) is 0.0714. The number of rotatable bonds is 4. The highest BCUT2D eigenvalue weighted by Crippen LogP contribution is 2.29. The normalized spacial score (nSPS) is 11.1. The maximum absolute atomic E-state index is 12.0. The summed E-state index contributed by atoms with van der Waals surface area (Å²) in [7, 11) is -3.86. The van der Waals surface area contributed by atoms with Gasteiger partial charge in [0.2, 0.25) is 0 Å². The number of hydrazine groups is 1.